The zero-order valence-corrected chi connectivity index (χ0v) is 12.2. The van der Waals surface area contributed by atoms with Crippen molar-refractivity contribution >= 4 is 11.9 Å². The molecule has 5 heteroatoms. The van der Waals surface area contributed by atoms with Crippen molar-refractivity contribution in [2.45, 2.75) is 26.2 Å². The summed E-state index contributed by atoms with van der Waals surface area (Å²) in [5.74, 6) is 0.102. The number of carbonyl (C=O) groups is 2. The molecule has 114 valence electrons. The summed E-state index contributed by atoms with van der Waals surface area (Å²) in [6, 6.07) is 7.72. The van der Waals surface area contributed by atoms with E-state index in [2.05, 4.69) is 0 Å². The number of aryl methyl sites for hydroxylation is 1. The van der Waals surface area contributed by atoms with Crippen LogP contribution in [-0.2, 0) is 9.59 Å². The van der Waals surface area contributed by atoms with Crippen LogP contribution in [0.2, 0.25) is 0 Å². The summed E-state index contributed by atoms with van der Waals surface area (Å²) in [4.78, 5) is 24.4. The second kappa shape index (κ2) is 7.11. The molecular weight excluding hydrogens is 270 g/mol. The van der Waals surface area contributed by atoms with Crippen LogP contribution in [0.3, 0.4) is 0 Å². The molecule has 1 N–H and O–H groups in total. The molecule has 0 bridgehead atoms. The van der Waals surface area contributed by atoms with Gasteiger partial charge in [0.1, 0.15) is 5.75 Å². The lowest BCUT2D eigenvalue weighted by Crippen LogP contribution is -2.30. The molecule has 0 spiro atoms. The Labute approximate surface area is 124 Å². The van der Waals surface area contributed by atoms with E-state index in [4.69, 9.17) is 9.84 Å². The molecule has 0 aliphatic carbocycles. The highest BCUT2D eigenvalue weighted by Crippen LogP contribution is 2.20. The van der Waals surface area contributed by atoms with E-state index in [0.29, 0.717) is 26.1 Å². The number of amides is 1. The predicted octanol–water partition coefficient (Wildman–Crippen LogP) is 2.09. The molecule has 1 aromatic carbocycles. The molecule has 1 fully saturated rings. The van der Waals surface area contributed by atoms with Gasteiger partial charge in [0.25, 0.3) is 0 Å². The number of benzene rings is 1. The number of ether oxygens (including phenoxy) is 1. The fourth-order valence-corrected chi connectivity index (χ4v) is 2.59. The summed E-state index contributed by atoms with van der Waals surface area (Å²) in [6.45, 7) is 3.55. The van der Waals surface area contributed by atoms with Crippen LogP contribution in [-0.4, -0.2) is 41.6 Å². The van der Waals surface area contributed by atoms with Gasteiger partial charge in [-0.1, -0.05) is 12.1 Å². The van der Waals surface area contributed by atoms with Gasteiger partial charge in [0.2, 0.25) is 5.91 Å². The minimum atomic E-state index is -0.794. The standard InChI is InChI=1S/C16H21NO4/c1-12-3-2-4-14(9-12)21-8-6-15(18)17-7-5-13(11-17)10-16(19)20/h2-4,9,13H,5-8,10-11H2,1H3,(H,19,20). The van der Waals surface area contributed by atoms with Gasteiger partial charge in [-0.2, -0.15) is 0 Å². The van der Waals surface area contributed by atoms with Crippen LogP contribution in [0.4, 0.5) is 0 Å². The molecule has 0 radical (unpaired) electrons. The maximum absolute atomic E-state index is 12.0. The summed E-state index contributed by atoms with van der Waals surface area (Å²) >= 11 is 0. The highest BCUT2D eigenvalue weighted by molar-refractivity contribution is 5.76. The quantitative estimate of drug-likeness (QED) is 0.871. The van der Waals surface area contributed by atoms with Crippen LogP contribution in [0.5, 0.6) is 5.75 Å². The minimum Gasteiger partial charge on any atom is -0.493 e. The fraction of sp³-hybridized carbons (Fsp3) is 0.500. The van der Waals surface area contributed by atoms with Crippen LogP contribution in [0, 0.1) is 12.8 Å². The largest absolute Gasteiger partial charge is 0.493 e. The zero-order valence-electron chi connectivity index (χ0n) is 12.2. The van der Waals surface area contributed by atoms with Gasteiger partial charge in [0.15, 0.2) is 0 Å². The van der Waals surface area contributed by atoms with Gasteiger partial charge in [0, 0.05) is 19.5 Å². The molecular formula is C16H21NO4. The van der Waals surface area contributed by atoms with Crippen molar-refractivity contribution in [2.75, 3.05) is 19.7 Å². The van der Waals surface area contributed by atoms with Crippen molar-refractivity contribution < 1.29 is 19.4 Å². The van der Waals surface area contributed by atoms with Gasteiger partial charge >= 0.3 is 5.97 Å². The first-order chi connectivity index (χ1) is 10.0. The van der Waals surface area contributed by atoms with E-state index in [-0.39, 0.29) is 18.2 Å². The zero-order chi connectivity index (χ0) is 15.2. The molecule has 21 heavy (non-hydrogen) atoms. The summed E-state index contributed by atoms with van der Waals surface area (Å²) in [5.41, 5.74) is 1.12. The maximum Gasteiger partial charge on any atom is 0.303 e. The monoisotopic (exact) mass is 291 g/mol. The lowest BCUT2D eigenvalue weighted by Gasteiger charge is -2.16. The number of carbonyl (C=O) groups excluding carboxylic acids is 1. The number of hydrogen-bond acceptors (Lipinski definition) is 3. The van der Waals surface area contributed by atoms with Crippen molar-refractivity contribution in [3.8, 4) is 5.75 Å². The Bertz CT molecular complexity index is 515. The molecule has 1 aliphatic rings. The predicted molar refractivity (Wildman–Crippen MR) is 78.2 cm³/mol. The molecule has 1 amide bonds. The average Bonchev–Trinajstić information content (AvgIpc) is 2.86. The molecule has 1 saturated heterocycles. The average molecular weight is 291 g/mol. The number of carboxylic acid groups (broad SMARTS) is 1. The first-order valence-electron chi connectivity index (χ1n) is 7.23. The summed E-state index contributed by atoms with van der Waals surface area (Å²) in [5, 5.41) is 8.77. The Morgan fingerprint density at radius 1 is 1.43 bits per heavy atom. The van der Waals surface area contributed by atoms with Crippen molar-refractivity contribution in [1.82, 2.24) is 4.90 Å². The first kappa shape index (κ1) is 15.4. The Morgan fingerprint density at radius 3 is 2.95 bits per heavy atom. The Kier molecular flexibility index (Phi) is 5.20. The van der Waals surface area contributed by atoms with Gasteiger partial charge < -0.3 is 14.7 Å². The molecule has 5 nitrogen and oxygen atoms in total. The van der Waals surface area contributed by atoms with Gasteiger partial charge in [-0.3, -0.25) is 9.59 Å². The third kappa shape index (κ3) is 4.77. The Morgan fingerprint density at radius 2 is 2.24 bits per heavy atom. The van der Waals surface area contributed by atoms with Crippen molar-refractivity contribution in [3.63, 3.8) is 0 Å². The second-order valence-electron chi connectivity index (χ2n) is 5.51. The minimum absolute atomic E-state index is 0.0375. The van der Waals surface area contributed by atoms with E-state index in [0.717, 1.165) is 17.7 Å². The van der Waals surface area contributed by atoms with E-state index >= 15 is 0 Å². The number of rotatable bonds is 6. The molecule has 1 aromatic rings. The number of aliphatic carboxylic acids is 1. The third-order valence-electron chi connectivity index (χ3n) is 3.68. The summed E-state index contributed by atoms with van der Waals surface area (Å²) in [7, 11) is 0. The second-order valence-corrected chi connectivity index (χ2v) is 5.51. The van der Waals surface area contributed by atoms with E-state index in [1.807, 2.05) is 31.2 Å². The molecule has 0 saturated carbocycles. The maximum atomic E-state index is 12.0. The van der Waals surface area contributed by atoms with E-state index in [9.17, 15) is 9.59 Å². The lowest BCUT2D eigenvalue weighted by molar-refractivity contribution is -0.138. The lowest BCUT2D eigenvalue weighted by atomic mass is 10.1. The van der Waals surface area contributed by atoms with E-state index in [1.54, 1.807) is 4.90 Å². The van der Waals surface area contributed by atoms with Gasteiger partial charge in [-0.05, 0) is 37.0 Å². The first-order valence-corrected chi connectivity index (χ1v) is 7.23. The summed E-state index contributed by atoms with van der Waals surface area (Å²) in [6.07, 6.45) is 1.24. The number of carboxylic acids is 1. The molecule has 1 unspecified atom stereocenters. The number of likely N-dealkylation sites (tertiary alicyclic amines) is 1. The van der Waals surface area contributed by atoms with E-state index < -0.39 is 5.97 Å². The van der Waals surface area contributed by atoms with Crippen molar-refractivity contribution in [3.05, 3.63) is 29.8 Å². The van der Waals surface area contributed by atoms with Crippen LogP contribution in [0.1, 0.15) is 24.8 Å². The van der Waals surface area contributed by atoms with Gasteiger partial charge in [-0.25, -0.2) is 0 Å². The normalized spacial score (nSPS) is 17.8. The SMILES string of the molecule is Cc1cccc(OCCC(=O)N2CCC(CC(=O)O)C2)c1. The van der Waals surface area contributed by atoms with Gasteiger partial charge in [0.05, 0.1) is 13.0 Å². The highest BCUT2D eigenvalue weighted by atomic mass is 16.5. The highest BCUT2D eigenvalue weighted by Gasteiger charge is 2.27. The van der Waals surface area contributed by atoms with Crippen LogP contribution < -0.4 is 4.74 Å². The number of hydrogen-bond donors (Lipinski definition) is 1. The van der Waals surface area contributed by atoms with Crippen LogP contribution >= 0.6 is 0 Å². The molecule has 0 aromatic heterocycles. The van der Waals surface area contributed by atoms with Crippen LogP contribution in [0.25, 0.3) is 0 Å². The Hall–Kier alpha value is -2.04. The summed E-state index contributed by atoms with van der Waals surface area (Å²) < 4.78 is 5.57. The smallest absolute Gasteiger partial charge is 0.303 e. The van der Waals surface area contributed by atoms with Crippen molar-refractivity contribution in [2.24, 2.45) is 5.92 Å². The third-order valence-corrected chi connectivity index (χ3v) is 3.68. The molecule has 1 atom stereocenters. The molecule has 2 rings (SSSR count). The van der Waals surface area contributed by atoms with Gasteiger partial charge in [-0.15, -0.1) is 0 Å². The van der Waals surface area contributed by atoms with E-state index in [1.165, 1.54) is 0 Å². The molecule has 1 heterocycles. The van der Waals surface area contributed by atoms with Crippen molar-refractivity contribution in [1.29, 1.82) is 0 Å². The number of nitrogens with zero attached hydrogens (tertiary/aromatic N) is 1. The Balaban J connectivity index is 1.72. The molecule has 1 aliphatic heterocycles. The van der Waals surface area contributed by atoms with Crippen LogP contribution in [0.15, 0.2) is 24.3 Å². The fourth-order valence-electron chi connectivity index (χ4n) is 2.59. The topological polar surface area (TPSA) is 66.8 Å².